The fraction of sp³-hybridized carbons (Fsp3) is 0.381. The predicted molar refractivity (Wildman–Crippen MR) is 103 cm³/mol. The van der Waals surface area contributed by atoms with E-state index in [1.165, 1.54) is 6.07 Å². The van der Waals surface area contributed by atoms with E-state index in [1.54, 1.807) is 37.4 Å². The van der Waals surface area contributed by atoms with Gasteiger partial charge in [0.2, 0.25) is 0 Å². The number of likely N-dealkylation sites (tertiary alicyclic amines) is 2. The van der Waals surface area contributed by atoms with Crippen LogP contribution in [0.4, 0.5) is 4.39 Å². The van der Waals surface area contributed by atoms with Crippen LogP contribution >= 0.6 is 11.6 Å². The molecule has 2 aliphatic heterocycles. The first-order valence-corrected chi connectivity index (χ1v) is 9.43. The fourth-order valence-electron chi connectivity index (χ4n) is 4.60. The Hall–Kier alpha value is -2.11. The van der Waals surface area contributed by atoms with Crippen LogP contribution in [-0.2, 0) is 0 Å². The number of hydrogen-bond donors (Lipinski definition) is 0. The summed E-state index contributed by atoms with van der Waals surface area (Å²) in [6.07, 6.45) is 0. The molecule has 2 aromatic rings. The molecule has 0 unspecified atom stereocenters. The highest BCUT2D eigenvalue weighted by Gasteiger charge is 2.47. The van der Waals surface area contributed by atoms with E-state index < -0.39 is 0 Å². The molecule has 0 bridgehead atoms. The van der Waals surface area contributed by atoms with Gasteiger partial charge in [-0.1, -0.05) is 23.7 Å². The molecule has 2 heterocycles. The summed E-state index contributed by atoms with van der Waals surface area (Å²) in [7, 11) is 3.63. The summed E-state index contributed by atoms with van der Waals surface area (Å²) in [5.74, 6) is 0.991. The third-order valence-electron chi connectivity index (χ3n) is 5.73. The van der Waals surface area contributed by atoms with Gasteiger partial charge in [-0.15, -0.1) is 0 Å². The molecular weight excluding hydrogens is 367 g/mol. The summed E-state index contributed by atoms with van der Waals surface area (Å²) in [5, 5.41) is 0.481. The Balaban J connectivity index is 1.56. The van der Waals surface area contributed by atoms with Crippen molar-refractivity contribution in [1.82, 2.24) is 9.80 Å². The molecule has 6 heteroatoms. The van der Waals surface area contributed by atoms with E-state index in [9.17, 15) is 9.18 Å². The minimum atomic E-state index is -0.221. The van der Waals surface area contributed by atoms with E-state index in [4.69, 9.17) is 16.3 Å². The second-order valence-electron chi connectivity index (χ2n) is 7.45. The van der Waals surface area contributed by atoms with Crippen LogP contribution in [0.2, 0.25) is 5.02 Å². The van der Waals surface area contributed by atoms with Crippen LogP contribution in [0.1, 0.15) is 22.0 Å². The van der Waals surface area contributed by atoms with Crippen LogP contribution in [0.5, 0.6) is 5.75 Å². The standard InChI is InChI=1S/C21H22ClFN2O2/c1-24-10-15-11-25(21(26)14-6-16(22)9-18(8-14)27-2)12-19(15)20(24)13-4-3-5-17(23)7-13/h3-9,15,19-20H,10-12H2,1-2H3/t15-,19+,20-/m0/s1. The van der Waals surface area contributed by atoms with Crippen molar-refractivity contribution in [2.45, 2.75) is 6.04 Å². The maximum Gasteiger partial charge on any atom is 0.254 e. The summed E-state index contributed by atoms with van der Waals surface area (Å²) < 4.78 is 18.9. The van der Waals surface area contributed by atoms with Crippen LogP contribution in [0.25, 0.3) is 0 Å². The number of fused-ring (bicyclic) bond motifs is 1. The summed E-state index contributed by atoms with van der Waals surface area (Å²) in [6, 6.07) is 12.0. The largest absolute Gasteiger partial charge is 0.497 e. The van der Waals surface area contributed by atoms with Crippen LogP contribution in [0, 0.1) is 17.7 Å². The average Bonchev–Trinajstić information content (AvgIpc) is 3.16. The molecule has 0 aliphatic carbocycles. The number of amides is 1. The number of benzene rings is 2. The van der Waals surface area contributed by atoms with Crippen molar-refractivity contribution in [2.24, 2.45) is 11.8 Å². The number of carbonyl (C=O) groups is 1. The molecule has 0 saturated carbocycles. The number of rotatable bonds is 3. The zero-order valence-corrected chi connectivity index (χ0v) is 16.1. The molecule has 4 rings (SSSR count). The molecule has 2 aromatic carbocycles. The summed E-state index contributed by atoms with van der Waals surface area (Å²) in [5.41, 5.74) is 1.51. The van der Waals surface area contributed by atoms with Crippen LogP contribution in [0.3, 0.4) is 0 Å². The van der Waals surface area contributed by atoms with Gasteiger partial charge in [-0.25, -0.2) is 4.39 Å². The third-order valence-corrected chi connectivity index (χ3v) is 5.94. The fourth-order valence-corrected chi connectivity index (χ4v) is 4.83. The smallest absolute Gasteiger partial charge is 0.254 e. The first kappa shape index (κ1) is 18.3. The normalized spacial score (nSPS) is 24.9. The Kier molecular flexibility index (Phi) is 4.82. The molecule has 2 saturated heterocycles. The van der Waals surface area contributed by atoms with Gasteiger partial charge in [-0.3, -0.25) is 9.69 Å². The molecule has 0 N–H and O–H groups in total. The highest BCUT2D eigenvalue weighted by atomic mass is 35.5. The van der Waals surface area contributed by atoms with Crippen LogP contribution in [-0.4, -0.2) is 49.5 Å². The number of ether oxygens (including phenoxy) is 1. The SMILES string of the molecule is COc1cc(Cl)cc(C(=O)N2C[C@@H]3CN(C)[C@@H](c4cccc(F)c4)[C@@H]3C2)c1. The van der Waals surface area contributed by atoms with E-state index in [-0.39, 0.29) is 17.8 Å². The van der Waals surface area contributed by atoms with Gasteiger partial charge in [-0.2, -0.15) is 0 Å². The lowest BCUT2D eigenvalue weighted by Gasteiger charge is -2.27. The first-order chi connectivity index (χ1) is 13.0. The van der Waals surface area contributed by atoms with Gasteiger partial charge in [0.25, 0.3) is 5.91 Å². The minimum absolute atomic E-state index is 0.0363. The van der Waals surface area contributed by atoms with Gasteiger partial charge in [0.05, 0.1) is 7.11 Å². The summed E-state index contributed by atoms with van der Waals surface area (Å²) in [4.78, 5) is 17.2. The van der Waals surface area contributed by atoms with Crippen LogP contribution < -0.4 is 4.74 Å². The molecule has 3 atom stereocenters. The molecule has 142 valence electrons. The van der Waals surface area contributed by atoms with E-state index in [0.29, 0.717) is 41.3 Å². The monoisotopic (exact) mass is 388 g/mol. The van der Waals surface area contributed by atoms with E-state index in [0.717, 1.165) is 12.1 Å². The summed E-state index contributed by atoms with van der Waals surface area (Å²) >= 11 is 6.12. The molecule has 4 nitrogen and oxygen atoms in total. The van der Waals surface area contributed by atoms with Gasteiger partial charge in [0, 0.05) is 42.2 Å². The molecule has 27 heavy (non-hydrogen) atoms. The number of carbonyl (C=O) groups excluding carboxylic acids is 1. The van der Waals surface area contributed by atoms with Crippen molar-refractivity contribution in [3.63, 3.8) is 0 Å². The molecule has 1 amide bonds. The summed E-state index contributed by atoms with van der Waals surface area (Å²) in [6.45, 7) is 2.26. The molecule has 2 aliphatic rings. The Morgan fingerprint density at radius 3 is 2.74 bits per heavy atom. The zero-order valence-electron chi connectivity index (χ0n) is 15.4. The zero-order chi connectivity index (χ0) is 19.1. The lowest BCUT2D eigenvalue weighted by atomic mass is 9.89. The van der Waals surface area contributed by atoms with Gasteiger partial charge >= 0.3 is 0 Å². The van der Waals surface area contributed by atoms with Crippen molar-refractivity contribution in [3.05, 3.63) is 64.4 Å². The highest BCUT2D eigenvalue weighted by Crippen LogP contribution is 2.44. The second-order valence-corrected chi connectivity index (χ2v) is 7.89. The quantitative estimate of drug-likeness (QED) is 0.800. The predicted octanol–water partition coefficient (Wildman–Crippen LogP) is 3.86. The van der Waals surface area contributed by atoms with Gasteiger partial charge in [0.1, 0.15) is 11.6 Å². The van der Waals surface area contributed by atoms with Gasteiger partial charge in [0.15, 0.2) is 0 Å². The maximum absolute atomic E-state index is 13.7. The lowest BCUT2D eigenvalue weighted by molar-refractivity contribution is 0.0767. The van der Waals surface area contributed by atoms with Gasteiger partial charge in [-0.05, 0) is 48.9 Å². The van der Waals surface area contributed by atoms with Crippen molar-refractivity contribution in [3.8, 4) is 5.75 Å². The van der Waals surface area contributed by atoms with E-state index in [1.807, 2.05) is 11.0 Å². The molecule has 0 radical (unpaired) electrons. The average molecular weight is 389 g/mol. The minimum Gasteiger partial charge on any atom is -0.497 e. The lowest BCUT2D eigenvalue weighted by Crippen LogP contribution is -2.33. The third kappa shape index (κ3) is 3.42. The topological polar surface area (TPSA) is 32.8 Å². The Morgan fingerprint density at radius 1 is 1.19 bits per heavy atom. The first-order valence-electron chi connectivity index (χ1n) is 9.06. The highest BCUT2D eigenvalue weighted by molar-refractivity contribution is 6.31. The number of methoxy groups -OCH3 is 1. The second kappa shape index (κ2) is 7.13. The van der Waals surface area contributed by atoms with Crippen molar-refractivity contribution in [1.29, 1.82) is 0 Å². The van der Waals surface area contributed by atoms with Crippen molar-refractivity contribution < 1.29 is 13.9 Å². The molecule has 0 aromatic heterocycles. The molecule has 0 spiro atoms. The molecule has 2 fully saturated rings. The Labute approximate surface area is 163 Å². The number of halogens is 2. The van der Waals surface area contributed by atoms with E-state index in [2.05, 4.69) is 11.9 Å². The Morgan fingerprint density at radius 2 is 2.00 bits per heavy atom. The van der Waals surface area contributed by atoms with Crippen molar-refractivity contribution >= 4 is 17.5 Å². The number of nitrogens with zero attached hydrogens (tertiary/aromatic N) is 2. The van der Waals surface area contributed by atoms with Gasteiger partial charge < -0.3 is 9.64 Å². The molecular formula is C21H22ClFN2O2. The van der Waals surface area contributed by atoms with E-state index >= 15 is 0 Å². The Bertz CT molecular complexity index is 875. The van der Waals surface area contributed by atoms with Crippen molar-refractivity contribution in [2.75, 3.05) is 33.8 Å². The number of hydrogen-bond acceptors (Lipinski definition) is 3. The van der Waals surface area contributed by atoms with Crippen LogP contribution in [0.15, 0.2) is 42.5 Å². The maximum atomic E-state index is 13.7.